The molecule has 1 N–H and O–H groups in total. The predicted molar refractivity (Wildman–Crippen MR) is 122 cm³/mol. The number of benzene rings is 1. The number of amidine groups is 1. The van der Waals surface area contributed by atoms with Crippen molar-refractivity contribution in [1.29, 1.82) is 0 Å². The van der Waals surface area contributed by atoms with Gasteiger partial charge in [-0.05, 0) is 31.2 Å². The molecule has 3 rings (SSSR count). The zero-order valence-electron chi connectivity index (χ0n) is 15.9. The molecule has 30 heavy (non-hydrogen) atoms. The fraction of sp³-hybridized carbons (Fsp3) is 0.211. The summed E-state index contributed by atoms with van der Waals surface area (Å²) < 4.78 is 29.2. The first-order valence-electron chi connectivity index (χ1n) is 8.75. The van der Waals surface area contributed by atoms with Gasteiger partial charge in [0.15, 0.2) is 5.17 Å². The van der Waals surface area contributed by atoms with Crippen LogP contribution in [0.4, 0.5) is 5.69 Å². The lowest BCUT2D eigenvalue weighted by molar-refractivity contribution is -0.127. The third kappa shape index (κ3) is 5.31. The second-order valence-electron chi connectivity index (χ2n) is 6.37. The second-order valence-corrected chi connectivity index (χ2v) is 11.1. The Hall–Kier alpha value is -2.14. The summed E-state index contributed by atoms with van der Waals surface area (Å²) in [5.41, 5.74) is 1.68. The number of aryl methyl sites for hydroxylation is 1. The number of thiophene rings is 1. The van der Waals surface area contributed by atoms with Crippen molar-refractivity contribution in [2.24, 2.45) is 4.40 Å². The van der Waals surface area contributed by atoms with Gasteiger partial charge in [0.2, 0.25) is 11.8 Å². The fourth-order valence-electron chi connectivity index (χ4n) is 2.61. The van der Waals surface area contributed by atoms with E-state index in [9.17, 15) is 18.0 Å². The minimum atomic E-state index is -4.03. The Labute approximate surface area is 187 Å². The molecule has 1 aliphatic heterocycles. The molecule has 0 bridgehead atoms. The van der Waals surface area contributed by atoms with Gasteiger partial charge in [0.05, 0.1) is 4.34 Å². The SMILES string of the molecule is C=CCN1C(=O)[C@@H](CC(=O)Nc2ccc(C)cc2)SC1=NS(=O)(=O)c1ccc(Cl)s1. The van der Waals surface area contributed by atoms with Gasteiger partial charge in [-0.15, -0.1) is 22.3 Å². The van der Waals surface area contributed by atoms with Crippen LogP contribution in [0.2, 0.25) is 4.34 Å². The molecule has 2 heterocycles. The number of carbonyl (C=O) groups excluding carboxylic acids is 2. The van der Waals surface area contributed by atoms with E-state index in [2.05, 4.69) is 16.3 Å². The van der Waals surface area contributed by atoms with Crippen LogP contribution in [0.3, 0.4) is 0 Å². The number of amides is 2. The minimum absolute atomic E-state index is 0.0116. The molecule has 2 aromatic rings. The van der Waals surface area contributed by atoms with E-state index < -0.39 is 21.2 Å². The topological polar surface area (TPSA) is 95.9 Å². The predicted octanol–water partition coefficient (Wildman–Crippen LogP) is 3.91. The molecule has 0 radical (unpaired) electrons. The van der Waals surface area contributed by atoms with Crippen molar-refractivity contribution in [3.05, 3.63) is 59.0 Å². The van der Waals surface area contributed by atoms with Crippen molar-refractivity contribution < 1.29 is 18.0 Å². The second kappa shape index (κ2) is 9.34. The van der Waals surface area contributed by atoms with Gasteiger partial charge in [-0.1, -0.05) is 47.1 Å². The van der Waals surface area contributed by atoms with Crippen LogP contribution in [-0.2, 0) is 19.6 Å². The van der Waals surface area contributed by atoms with Crippen molar-refractivity contribution in [2.75, 3.05) is 11.9 Å². The molecule has 0 unspecified atom stereocenters. The van der Waals surface area contributed by atoms with Gasteiger partial charge in [0.1, 0.15) is 9.46 Å². The Kier molecular flexibility index (Phi) is 7.02. The molecule has 0 saturated carbocycles. The lowest BCUT2D eigenvalue weighted by atomic mass is 10.2. The molecule has 0 spiro atoms. The summed E-state index contributed by atoms with van der Waals surface area (Å²) in [5, 5.41) is 1.97. The van der Waals surface area contributed by atoms with Crippen molar-refractivity contribution in [2.45, 2.75) is 22.8 Å². The van der Waals surface area contributed by atoms with Crippen LogP contribution >= 0.6 is 34.7 Å². The number of hydrogen-bond acceptors (Lipinski definition) is 6. The van der Waals surface area contributed by atoms with Crippen LogP contribution in [0, 0.1) is 6.92 Å². The smallest absolute Gasteiger partial charge is 0.294 e. The Morgan fingerprint density at radius 1 is 1.30 bits per heavy atom. The molecule has 11 heteroatoms. The van der Waals surface area contributed by atoms with Crippen molar-refractivity contribution in [3.8, 4) is 0 Å². The molecule has 1 aromatic carbocycles. The molecule has 1 fully saturated rings. The van der Waals surface area contributed by atoms with Crippen LogP contribution in [0.1, 0.15) is 12.0 Å². The van der Waals surface area contributed by atoms with E-state index >= 15 is 0 Å². The highest BCUT2D eigenvalue weighted by Crippen LogP contribution is 2.33. The summed E-state index contributed by atoms with van der Waals surface area (Å²) in [6, 6.07) is 10.1. The van der Waals surface area contributed by atoms with Gasteiger partial charge >= 0.3 is 0 Å². The number of thioether (sulfide) groups is 1. The van der Waals surface area contributed by atoms with Crippen molar-refractivity contribution in [3.63, 3.8) is 0 Å². The van der Waals surface area contributed by atoms with Gasteiger partial charge in [-0.2, -0.15) is 8.42 Å². The van der Waals surface area contributed by atoms with Crippen LogP contribution in [0.5, 0.6) is 0 Å². The molecule has 7 nitrogen and oxygen atoms in total. The molecule has 0 aliphatic carbocycles. The summed E-state index contributed by atoms with van der Waals surface area (Å²) in [5.74, 6) is -0.741. The first-order chi connectivity index (χ1) is 14.2. The number of nitrogens with one attached hydrogen (secondary N) is 1. The highest BCUT2D eigenvalue weighted by atomic mass is 35.5. The first-order valence-corrected chi connectivity index (χ1v) is 12.3. The standard InChI is InChI=1S/C19H18ClN3O4S3/c1-3-10-23-18(25)14(11-16(24)21-13-6-4-12(2)5-7-13)28-19(23)22-30(26,27)17-9-8-15(20)29-17/h3-9,14H,1,10-11H2,2H3,(H,21,24)/t14-/m1/s1. The summed E-state index contributed by atoms with van der Waals surface area (Å²) >= 11 is 7.65. The number of carbonyl (C=O) groups is 2. The van der Waals surface area contributed by atoms with Gasteiger partial charge < -0.3 is 5.32 Å². The number of rotatable bonds is 7. The zero-order valence-corrected chi connectivity index (χ0v) is 19.1. The van der Waals surface area contributed by atoms with Gasteiger partial charge in [0, 0.05) is 18.7 Å². The Morgan fingerprint density at radius 3 is 2.60 bits per heavy atom. The van der Waals surface area contributed by atoms with E-state index in [1.807, 2.05) is 19.1 Å². The maximum atomic E-state index is 12.7. The van der Waals surface area contributed by atoms with Crippen molar-refractivity contribution >= 4 is 67.4 Å². The largest absolute Gasteiger partial charge is 0.326 e. The van der Waals surface area contributed by atoms with Gasteiger partial charge in [-0.3, -0.25) is 14.5 Å². The molecule has 158 valence electrons. The summed E-state index contributed by atoms with van der Waals surface area (Å²) in [7, 11) is -4.03. The van der Waals surface area contributed by atoms with Gasteiger partial charge in [-0.25, -0.2) is 0 Å². The average molecular weight is 484 g/mol. The molecule has 1 aliphatic rings. The summed E-state index contributed by atoms with van der Waals surface area (Å²) in [4.78, 5) is 26.4. The maximum Gasteiger partial charge on any atom is 0.294 e. The van der Waals surface area contributed by atoms with E-state index in [1.165, 1.54) is 23.1 Å². The molecule has 2 amide bonds. The van der Waals surface area contributed by atoms with E-state index in [1.54, 1.807) is 12.1 Å². The lowest BCUT2D eigenvalue weighted by Crippen LogP contribution is -2.33. The van der Waals surface area contributed by atoms with Crippen molar-refractivity contribution in [1.82, 2.24) is 4.90 Å². The highest BCUT2D eigenvalue weighted by molar-refractivity contribution is 8.16. The summed E-state index contributed by atoms with van der Waals surface area (Å²) in [6.45, 7) is 5.62. The van der Waals surface area contributed by atoms with E-state index in [0.29, 0.717) is 10.0 Å². The van der Waals surface area contributed by atoms with Crippen LogP contribution in [-0.4, -0.2) is 42.1 Å². The number of anilines is 1. The van der Waals surface area contributed by atoms with Crippen LogP contribution in [0.25, 0.3) is 0 Å². The third-order valence-corrected chi connectivity index (χ3v) is 8.30. The Balaban J connectivity index is 1.77. The Morgan fingerprint density at radius 2 is 2.00 bits per heavy atom. The molecular formula is C19H18ClN3O4S3. The van der Waals surface area contributed by atoms with E-state index in [-0.39, 0.29) is 28.2 Å². The highest BCUT2D eigenvalue weighted by Gasteiger charge is 2.39. The zero-order chi connectivity index (χ0) is 21.9. The van der Waals surface area contributed by atoms with Crippen LogP contribution in [0.15, 0.2) is 57.7 Å². The third-order valence-electron chi connectivity index (χ3n) is 4.04. The van der Waals surface area contributed by atoms with E-state index in [0.717, 1.165) is 28.7 Å². The quantitative estimate of drug-likeness (QED) is 0.602. The minimum Gasteiger partial charge on any atom is -0.326 e. The normalized spacial score (nSPS) is 18.1. The molecule has 1 saturated heterocycles. The number of nitrogens with zero attached hydrogens (tertiary/aromatic N) is 2. The Bertz CT molecular complexity index is 1110. The fourth-order valence-corrected chi connectivity index (χ4v) is 6.43. The monoisotopic (exact) mass is 483 g/mol. The lowest BCUT2D eigenvalue weighted by Gasteiger charge is -2.13. The van der Waals surface area contributed by atoms with E-state index in [4.69, 9.17) is 11.6 Å². The number of sulfonamides is 1. The number of halogens is 1. The molecule has 1 aromatic heterocycles. The molecular weight excluding hydrogens is 466 g/mol. The molecule has 1 atom stereocenters. The number of hydrogen-bond donors (Lipinski definition) is 1. The average Bonchev–Trinajstić information content (AvgIpc) is 3.23. The summed E-state index contributed by atoms with van der Waals surface area (Å²) in [6.07, 6.45) is 1.35. The first kappa shape index (κ1) is 22.5. The van der Waals surface area contributed by atoms with Gasteiger partial charge in [0.25, 0.3) is 10.0 Å². The van der Waals surface area contributed by atoms with Crippen LogP contribution < -0.4 is 5.32 Å². The maximum absolute atomic E-state index is 12.7.